The zero-order valence-corrected chi connectivity index (χ0v) is 12.8. The Balaban J connectivity index is 1.70. The van der Waals surface area contributed by atoms with E-state index in [0.29, 0.717) is 11.6 Å². The largest absolute Gasteiger partial charge is 0.481 e. The Kier molecular flexibility index (Phi) is 5.86. The standard InChI is InChI=1S/C17H15ClOS/c1-14-4-10-17(11-5-14)20-13-3-2-12-19-16-8-6-15(18)7-9-16/h4-11H,12-13H2,1H3. The predicted molar refractivity (Wildman–Crippen MR) is 86.6 cm³/mol. The molecule has 0 radical (unpaired) electrons. The number of halogens is 1. The number of benzene rings is 2. The summed E-state index contributed by atoms with van der Waals surface area (Å²) in [5.41, 5.74) is 1.27. The van der Waals surface area contributed by atoms with Gasteiger partial charge in [-0.05, 0) is 43.3 Å². The van der Waals surface area contributed by atoms with Crippen LogP contribution in [0.15, 0.2) is 53.4 Å². The Morgan fingerprint density at radius 3 is 2.40 bits per heavy atom. The van der Waals surface area contributed by atoms with E-state index in [2.05, 4.69) is 43.0 Å². The molecule has 0 heterocycles. The number of ether oxygens (including phenoxy) is 1. The fraction of sp³-hybridized carbons (Fsp3) is 0.176. The zero-order valence-electron chi connectivity index (χ0n) is 11.2. The summed E-state index contributed by atoms with van der Waals surface area (Å²) in [6, 6.07) is 15.7. The lowest BCUT2D eigenvalue weighted by Gasteiger charge is -2.00. The van der Waals surface area contributed by atoms with Gasteiger partial charge in [-0.3, -0.25) is 0 Å². The summed E-state index contributed by atoms with van der Waals surface area (Å²) in [5.74, 6) is 7.65. The van der Waals surface area contributed by atoms with Gasteiger partial charge in [0.2, 0.25) is 0 Å². The van der Waals surface area contributed by atoms with Gasteiger partial charge in [-0.15, -0.1) is 11.8 Å². The van der Waals surface area contributed by atoms with E-state index in [0.717, 1.165) is 11.5 Å². The smallest absolute Gasteiger partial charge is 0.149 e. The maximum Gasteiger partial charge on any atom is 0.149 e. The lowest BCUT2D eigenvalue weighted by atomic mass is 10.2. The molecule has 2 rings (SSSR count). The quantitative estimate of drug-likeness (QED) is 0.591. The molecule has 0 fully saturated rings. The lowest BCUT2D eigenvalue weighted by molar-refractivity contribution is 0.370. The SMILES string of the molecule is Cc1ccc(SCC#CCOc2ccc(Cl)cc2)cc1. The molecule has 0 aliphatic heterocycles. The molecule has 0 N–H and O–H groups in total. The first-order valence-corrected chi connectivity index (χ1v) is 7.64. The van der Waals surface area contributed by atoms with Crippen LogP contribution in [0, 0.1) is 18.8 Å². The van der Waals surface area contributed by atoms with Gasteiger partial charge in [-0.2, -0.15) is 0 Å². The molecule has 3 heteroatoms. The molecule has 0 saturated carbocycles. The zero-order chi connectivity index (χ0) is 14.2. The van der Waals surface area contributed by atoms with Gasteiger partial charge in [0.05, 0.1) is 5.75 Å². The van der Waals surface area contributed by atoms with Crippen LogP contribution in [-0.2, 0) is 0 Å². The van der Waals surface area contributed by atoms with Gasteiger partial charge in [0.25, 0.3) is 0 Å². The van der Waals surface area contributed by atoms with Crippen molar-refractivity contribution in [1.82, 2.24) is 0 Å². The van der Waals surface area contributed by atoms with Crippen molar-refractivity contribution in [3.05, 3.63) is 59.1 Å². The third-order valence-corrected chi connectivity index (χ3v) is 3.73. The van der Waals surface area contributed by atoms with Crippen LogP contribution >= 0.6 is 23.4 Å². The molecule has 0 aliphatic rings. The van der Waals surface area contributed by atoms with E-state index in [1.165, 1.54) is 10.5 Å². The minimum absolute atomic E-state index is 0.399. The van der Waals surface area contributed by atoms with Crippen molar-refractivity contribution in [3.8, 4) is 17.6 Å². The van der Waals surface area contributed by atoms with Crippen molar-refractivity contribution < 1.29 is 4.74 Å². The van der Waals surface area contributed by atoms with Crippen molar-refractivity contribution in [2.75, 3.05) is 12.4 Å². The maximum atomic E-state index is 5.80. The van der Waals surface area contributed by atoms with Crippen molar-refractivity contribution in [2.45, 2.75) is 11.8 Å². The van der Waals surface area contributed by atoms with Crippen LogP contribution < -0.4 is 4.74 Å². The molecule has 0 aromatic heterocycles. The van der Waals surface area contributed by atoms with E-state index >= 15 is 0 Å². The average molecular weight is 303 g/mol. The summed E-state index contributed by atoms with van der Waals surface area (Å²) in [5, 5.41) is 0.706. The van der Waals surface area contributed by atoms with Crippen LogP contribution in [0.25, 0.3) is 0 Å². The van der Waals surface area contributed by atoms with Gasteiger partial charge < -0.3 is 4.74 Å². The molecule has 102 valence electrons. The Morgan fingerprint density at radius 2 is 1.70 bits per heavy atom. The Bertz CT molecular complexity index is 540. The monoisotopic (exact) mass is 302 g/mol. The van der Waals surface area contributed by atoms with Gasteiger partial charge in [0.15, 0.2) is 0 Å². The van der Waals surface area contributed by atoms with Gasteiger partial charge in [-0.25, -0.2) is 0 Å². The first-order valence-electron chi connectivity index (χ1n) is 6.27. The molecule has 0 amide bonds. The van der Waals surface area contributed by atoms with E-state index < -0.39 is 0 Å². The Hall–Kier alpha value is -1.56. The first-order chi connectivity index (χ1) is 9.74. The Morgan fingerprint density at radius 1 is 1.00 bits per heavy atom. The molecule has 0 bridgehead atoms. The van der Waals surface area contributed by atoms with Crippen molar-refractivity contribution in [2.24, 2.45) is 0 Å². The van der Waals surface area contributed by atoms with Gasteiger partial charge in [0.1, 0.15) is 12.4 Å². The number of thioether (sulfide) groups is 1. The minimum atomic E-state index is 0.399. The van der Waals surface area contributed by atoms with Crippen LogP contribution in [-0.4, -0.2) is 12.4 Å². The molecular weight excluding hydrogens is 288 g/mol. The Labute approximate surface area is 129 Å². The fourth-order valence-corrected chi connectivity index (χ4v) is 2.30. The number of hydrogen-bond acceptors (Lipinski definition) is 2. The molecular formula is C17H15ClOS. The average Bonchev–Trinajstić information content (AvgIpc) is 2.46. The highest BCUT2D eigenvalue weighted by Gasteiger charge is 1.92. The summed E-state index contributed by atoms with van der Waals surface area (Å²) < 4.78 is 5.49. The van der Waals surface area contributed by atoms with Crippen LogP contribution in [0.4, 0.5) is 0 Å². The number of aryl methyl sites for hydroxylation is 1. The summed E-state index contributed by atoms with van der Waals surface area (Å²) in [7, 11) is 0. The summed E-state index contributed by atoms with van der Waals surface area (Å²) in [6.45, 7) is 2.48. The third kappa shape index (κ3) is 5.21. The molecule has 0 unspecified atom stereocenters. The van der Waals surface area contributed by atoms with Crippen LogP contribution in [0.3, 0.4) is 0 Å². The van der Waals surface area contributed by atoms with Crippen LogP contribution in [0.5, 0.6) is 5.75 Å². The van der Waals surface area contributed by atoms with Crippen molar-refractivity contribution in [3.63, 3.8) is 0 Å². The van der Waals surface area contributed by atoms with E-state index in [4.69, 9.17) is 16.3 Å². The molecule has 20 heavy (non-hydrogen) atoms. The van der Waals surface area contributed by atoms with Crippen molar-refractivity contribution >= 4 is 23.4 Å². The minimum Gasteiger partial charge on any atom is -0.481 e. The first kappa shape index (κ1) is 14.8. The predicted octanol–water partition coefficient (Wildman–Crippen LogP) is 4.82. The van der Waals surface area contributed by atoms with Gasteiger partial charge in [0, 0.05) is 9.92 Å². The van der Waals surface area contributed by atoms with E-state index in [1.54, 1.807) is 23.9 Å². The second-order valence-electron chi connectivity index (χ2n) is 4.20. The van der Waals surface area contributed by atoms with E-state index in [9.17, 15) is 0 Å². The molecule has 0 saturated heterocycles. The highest BCUT2D eigenvalue weighted by molar-refractivity contribution is 7.99. The van der Waals surface area contributed by atoms with Crippen molar-refractivity contribution in [1.29, 1.82) is 0 Å². The molecule has 0 aliphatic carbocycles. The molecule has 1 nitrogen and oxygen atoms in total. The summed E-state index contributed by atoms with van der Waals surface area (Å²) >= 11 is 7.53. The molecule has 0 atom stereocenters. The summed E-state index contributed by atoms with van der Waals surface area (Å²) in [6.07, 6.45) is 0. The topological polar surface area (TPSA) is 9.23 Å². The van der Waals surface area contributed by atoms with Crippen LogP contribution in [0.2, 0.25) is 5.02 Å². The maximum absolute atomic E-state index is 5.80. The van der Waals surface area contributed by atoms with E-state index in [1.807, 2.05) is 12.1 Å². The van der Waals surface area contributed by atoms with Crippen LogP contribution in [0.1, 0.15) is 5.56 Å². The molecule has 0 spiro atoms. The molecule has 2 aromatic carbocycles. The lowest BCUT2D eigenvalue weighted by Crippen LogP contribution is -1.93. The third-order valence-electron chi connectivity index (χ3n) is 2.58. The normalized spacial score (nSPS) is 9.70. The number of rotatable bonds is 4. The highest BCUT2D eigenvalue weighted by Crippen LogP contribution is 2.17. The van der Waals surface area contributed by atoms with Gasteiger partial charge >= 0.3 is 0 Å². The summed E-state index contributed by atoms with van der Waals surface area (Å²) in [4.78, 5) is 1.24. The van der Waals surface area contributed by atoms with E-state index in [-0.39, 0.29) is 0 Å². The van der Waals surface area contributed by atoms with Gasteiger partial charge in [-0.1, -0.05) is 41.1 Å². The molecule has 2 aromatic rings. The number of hydrogen-bond donors (Lipinski definition) is 0. The highest BCUT2D eigenvalue weighted by atomic mass is 35.5. The fourth-order valence-electron chi connectivity index (χ4n) is 1.51. The second-order valence-corrected chi connectivity index (χ2v) is 5.68. The second kappa shape index (κ2) is 7.89.